The third kappa shape index (κ3) is 1.52. The van der Waals surface area contributed by atoms with Crippen LogP contribution in [0, 0.1) is 5.92 Å². The van der Waals surface area contributed by atoms with Gasteiger partial charge in [-0.25, -0.2) is 0 Å². The van der Waals surface area contributed by atoms with Crippen molar-refractivity contribution < 1.29 is 9.90 Å². The molecule has 16 heavy (non-hydrogen) atoms. The maximum absolute atomic E-state index is 11.3. The molecule has 3 heteroatoms. The largest absolute Gasteiger partial charge is 0.481 e. The number of benzene rings is 1. The lowest BCUT2D eigenvalue weighted by Gasteiger charge is -2.09. The Bertz CT molecular complexity index is 540. The molecule has 1 aromatic carbocycles. The number of rotatable bonds is 3. The van der Waals surface area contributed by atoms with E-state index in [9.17, 15) is 9.90 Å². The number of carboxylic acids is 1. The number of aliphatic carboxylic acids is 1. The van der Waals surface area contributed by atoms with Gasteiger partial charge in [-0.05, 0) is 41.2 Å². The minimum Gasteiger partial charge on any atom is -0.481 e. The Labute approximate surface area is 97.5 Å². The normalized spacial score (nSPS) is 17.5. The van der Waals surface area contributed by atoms with Crippen LogP contribution in [0.5, 0.6) is 0 Å². The summed E-state index contributed by atoms with van der Waals surface area (Å²) < 4.78 is 1.18. The summed E-state index contributed by atoms with van der Waals surface area (Å²) in [6.45, 7) is 0. The first kappa shape index (κ1) is 9.85. The lowest BCUT2D eigenvalue weighted by molar-refractivity contribution is -0.139. The molecule has 0 radical (unpaired) electrons. The van der Waals surface area contributed by atoms with Crippen LogP contribution < -0.4 is 0 Å². The summed E-state index contributed by atoms with van der Waals surface area (Å²) >= 11 is 1.64. The molecular formula is C13H12O2S. The van der Waals surface area contributed by atoms with E-state index in [0.717, 1.165) is 23.8 Å². The first-order valence-corrected chi connectivity index (χ1v) is 6.34. The minimum absolute atomic E-state index is 0.295. The summed E-state index contributed by atoms with van der Waals surface area (Å²) in [6.07, 6.45) is 2.11. The molecule has 1 aliphatic carbocycles. The maximum atomic E-state index is 11.3. The predicted octanol–water partition coefficient (Wildman–Crippen LogP) is 3.48. The van der Waals surface area contributed by atoms with Gasteiger partial charge < -0.3 is 5.11 Å². The second kappa shape index (κ2) is 3.59. The van der Waals surface area contributed by atoms with Gasteiger partial charge in [-0.1, -0.05) is 18.2 Å². The third-order valence-corrected chi connectivity index (χ3v) is 4.19. The summed E-state index contributed by atoms with van der Waals surface area (Å²) in [7, 11) is 0. The number of hydrogen-bond acceptors (Lipinski definition) is 2. The number of carboxylic acid groups (broad SMARTS) is 1. The van der Waals surface area contributed by atoms with E-state index in [1.807, 2.05) is 23.6 Å². The molecule has 1 unspecified atom stereocenters. The Balaban J connectivity index is 2.13. The molecule has 3 rings (SSSR count). The van der Waals surface area contributed by atoms with E-state index >= 15 is 0 Å². The van der Waals surface area contributed by atoms with Gasteiger partial charge in [-0.3, -0.25) is 4.79 Å². The van der Waals surface area contributed by atoms with Gasteiger partial charge in [-0.15, -0.1) is 11.3 Å². The smallest absolute Gasteiger partial charge is 0.311 e. The molecule has 1 aliphatic rings. The van der Waals surface area contributed by atoms with Gasteiger partial charge in [0.1, 0.15) is 0 Å². The van der Waals surface area contributed by atoms with Gasteiger partial charge in [-0.2, -0.15) is 0 Å². The van der Waals surface area contributed by atoms with E-state index in [0.29, 0.717) is 5.92 Å². The molecule has 82 valence electrons. The molecule has 1 aromatic heterocycles. The molecule has 0 bridgehead atoms. The average molecular weight is 232 g/mol. The molecular weight excluding hydrogens is 220 g/mol. The number of fused-ring (bicyclic) bond motifs is 1. The molecule has 1 fully saturated rings. The van der Waals surface area contributed by atoms with Crippen molar-refractivity contribution in [1.29, 1.82) is 0 Å². The van der Waals surface area contributed by atoms with Crippen LogP contribution >= 0.6 is 11.3 Å². The average Bonchev–Trinajstić information content (AvgIpc) is 3.00. The van der Waals surface area contributed by atoms with Crippen LogP contribution in [-0.2, 0) is 4.79 Å². The summed E-state index contributed by atoms with van der Waals surface area (Å²) in [6, 6.07) is 8.05. The summed E-state index contributed by atoms with van der Waals surface area (Å²) in [5, 5.41) is 12.5. The summed E-state index contributed by atoms with van der Waals surface area (Å²) in [4.78, 5) is 11.3. The molecule has 1 atom stereocenters. The van der Waals surface area contributed by atoms with E-state index in [1.54, 1.807) is 11.3 Å². The van der Waals surface area contributed by atoms with Crippen LogP contribution in [0.3, 0.4) is 0 Å². The van der Waals surface area contributed by atoms with E-state index in [2.05, 4.69) is 6.07 Å². The quantitative estimate of drug-likeness (QED) is 0.879. The fourth-order valence-electron chi connectivity index (χ4n) is 2.26. The van der Waals surface area contributed by atoms with E-state index in [1.165, 1.54) is 4.70 Å². The number of carbonyl (C=O) groups is 1. The zero-order valence-electron chi connectivity index (χ0n) is 8.72. The van der Waals surface area contributed by atoms with Gasteiger partial charge in [0.05, 0.1) is 5.92 Å². The van der Waals surface area contributed by atoms with Gasteiger partial charge in [0, 0.05) is 4.70 Å². The maximum Gasteiger partial charge on any atom is 0.311 e. The van der Waals surface area contributed by atoms with Crippen LogP contribution in [-0.4, -0.2) is 11.1 Å². The monoisotopic (exact) mass is 232 g/mol. The van der Waals surface area contributed by atoms with Crippen molar-refractivity contribution in [2.75, 3.05) is 0 Å². The van der Waals surface area contributed by atoms with Crippen LogP contribution in [0.4, 0.5) is 0 Å². The summed E-state index contributed by atoms with van der Waals surface area (Å²) in [5.74, 6) is -0.613. The highest BCUT2D eigenvalue weighted by atomic mass is 32.1. The third-order valence-electron chi connectivity index (χ3n) is 3.21. The molecule has 1 N–H and O–H groups in total. The van der Waals surface area contributed by atoms with Gasteiger partial charge in [0.15, 0.2) is 0 Å². The zero-order valence-corrected chi connectivity index (χ0v) is 9.54. The first-order valence-electron chi connectivity index (χ1n) is 5.46. The van der Waals surface area contributed by atoms with Gasteiger partial charge in [0.2, 0.25) is 0 Å². The molecule has 1 heterocycles. The van der Waals surface area contributed by atoms with E-state index < -0.39 is 5.97 Å². The molecule has 0 spiro atoms. The van der Waals surface area contributed by atoms with Crippen molar-refractivity contribution in [2.45, 2.75) is 18.8 Å². The predicted molar refractivity (Wildman–Crippen MR) is 64.9 cm³/mol. The Morgan fingerprint density at radius 3 is 2.81 bits per heavy atom. The number of hydrogen-bond donors (Lipinski definition) is 1. The van der Waals surface area contributed by atoms with Gasteiger partial charge >= 0.3 is 5.97 Å². The van der Waals surface area contributed by atoms with Crippen LogP contribution in [0.1, 0.15) is 24.3 Å². The molecule has 0 aliphatic heterocycles. The van der Waals surface area contributed by atoms with Crippen LogP contribution in [0.25, 0.3) is 10.1 Å². The topological polar surface area (TPSA) is 37.3 Å². The highest BCUT2D eigenvalue weighted by Gasteiger charge is 2.38. The highest BCUT2D eigenvalue weighted by molar-refractivity contribution is 7.17. The van der Waals surface area contributed by atoms with Crippen LogP contribution in [0.15, 0.2) is 29.6 Å². The fourth-order valence-corrected chi connectivity index (χ4v) is 3.25. The zero-order chi connectivity index (χ0) is 11.1. The lowest BCUT2D eigenvalue weighted by atomic mass is 9.94. The standard InChI is InChI=1S/C13H12O2S/c14-13(15)12(8-5-6-8)10-7-16-11-4-2-1-3-9(10)11/h1-4,7-8,12H,5-6H2,(H,14,15). The molecule has 2 nitrogen and oxygen atoms in total. The second-order valence-electron chi connectivity index (χ2n) is 4.34. The van der Waals surface area contributed by atoms with Crippen molar-refractivity contribution in [3.05, 3.63) is 35.2 Å². The van der Waals surface area contributed by atoms with Crippen LogP contribution in [0.2, 0.25) is 0 Å². The Hall–Kier alpha value is -1.35. The Kier molecular flexibility index (Phi) is 2.21. The SMILES string of the molecule is O=C(O)C(c1csc2ccccc12)C1CC1. The Morgan fingerprint density at radius 2 is 2.12 bits per heavy atom. The first-order chi connectivity index (χ1) is 7.77. The minimum atomic E-state index is -0.675. The van der Waals surface area contributed by atoms with Crippen molar-refractivity contribution >= 4 is 27.4 Å². The van der Waals surface area contributed by atoms with Crippen molar-refractivity contribution in [1.82, 2.24) is 0 Å². The van der Waals surface area contributed by atoms with Crippen molar-refractivity contribution in [2.24, 2.45) is 5.92 Å². The van der Waals surface area contributed by atoms with Crippen molar-refractivity contribution in [3.8, 4) is 0 Å². The van der Waals surface area contributed by atoms with E-state index in [-0.39, 0.29) is 5.92 Å². The summed E-state index contributed by atoms with van der Waals surface area (Å²) in [5.41, 5.74) is 1.01. The van der Waals surface area contributed by atoms with Gasteiger partial charge in [0.25, 0.3) is 0 Å². The molecule has 0 saturated heterocycles. The fraction of sp³-hybridized carbons (Fsp3) is 0.308. The lowest BCUT2D eigenvalue weighted by Crippen LogP contribution is -2.13. The molecule has 0 amide bonds. The Morgan fingerprint density at radius 1 is 1.38 bits per heavy atom. The molecule has 2 aromatic rings. The molecule has 1 saturated carbocycles. The van der Waals surface area contributed by atoms with E-state index in [4.69, 9.17) is 0 Å². The van der Waals surface area contributed by atoms with Crippen molar-refractivity contribution in [3.63, 3.8) is 0 Å². The second-order valence-corrected chi connectivity index (χ2v) is 5.25. The highest BCUT2D eigenvalue weighted by Crippen LogP contribution is 2.45. The number of thiophene rings is 1.